The first-order valence-electron chi connectivity index (χ1n) is 19.6. The van der Waals surface area contributed by atoms with E-state index < -0.39 is 41.1 Å². The maximum Gasteiger partial charge on any atom is 0.315 e. The minimum atomic E-state index is -1.09. The molecule has 0 aromatic rings. The van der Waals surface area contributed by atoms with E-state index in [2.05, 4.69) is 36.7 Å². The van der Waals surface area contributed by atoms with E-state index in [1.54, 1.807) is 0 Å². The van der Waals surface area contributed by atoms with Gasteiger partial charge in [0.1, 0.15) is 12.1 Å². The first-order valence-corrected chi connectivity index (χ1v) is 19.6. The molecular formula is C39H77N5O6. The average Bonchev–Trinajstić information content (AvgIpc) is 3.94. The highest BCUT2D eigenvalue weighted by Gasteiger charge is 2.43. The van der Waals surface area contributed by atoms with Crippen molar-refractivity contribution in [1.82, 2.24) is 20.9 Å². The standard InChI is InChI=1S/C29H51N5O5.C4H10.C3H6.C2H6.CH4O/c1-7-19(3)18-20(22(35)24(30)36)31-25(37)21-14-13-17-34(21)26(38)23(28(4,5)6)32-27(39)33-29(8-2)15-11-9-10-12-16-29;1-3-4-2;1-2-3-1;2*1-2/h19-21,23H,7-18H2,1-6H3,(H2,30,36)(H,31,37)(H2,32,33,39);3-4H2,1-2H3;1-3H2;1-2H3;2H,1H3/t19?,20?,21-,23?;;;;/m0..../s1. The molecule has 5 amide bonds. The first-order chi connectivity index (χ1) is 23.7. The summed E-state index contributed by atoms with van der Waals surface area (Å²) in [4.78, 5) is 66.0. The Morgan fingerprint density at radius 1 is 0.840 bits per heavy atom. The molecule has 2 aliphatic carbocycles. The molecule has 11 heteroatoms. The van der Waals surface area contributed by atoms with Crippen molar-refractivity contribution in [3.05, 3.63) is 0 Å². The molecule has 1 saturated heterocycles. The number of carbonyl (C=O) groups excluding carboxylic acids is 5. The van der Waals surface area contributed by atoms with Crippen LogP contribution in [0.3, 0.4) is 0 Å². The van der Waals surface area contributed by atoms with Gasteiger partial charge < -0.3 is 31.7 Å². The zero-order valence-corrected chi connectivity index (χ0v) is 33.8. The van der Waals surface area contributed by atoms with Crippen LogP contribution in [0.15, 0.2) is 0 Å². The third-order valence-corrected chi connectivity index (χ3v) is 9.41. The highest BCUT2D eigenvalue weighted by Crippen LogP contribution is 2.30. The van der Waals surface area contributed by atoms with Crippen LogP contribution in [0.2, 0.25) is 0 Å². The predicted molar refractivity (Wildman–Crippen MR) is 204 cm³/mol. The van der Waals surface area contributed by atoms with Crippen LogP contribution >= 0.6 is 0 Å². The smallest absolute Gasteiger partial charge is 0.315 e. The number of nitrogens with one attached hydrogen (secondary N) is 3. The van der Waals surface area contributed by atoms with Gasteiger partial charge in [0.05, 0.1) is 6.04 Å². The van der Waals surface area contributed by atoms with Gasteiger partial charge in [-0.1, -0.05) is 133 Å². The Hall–Kier alpha value is -2.69. The number of carbonyl (C=O) groups is 5. The Balaban J connectivity index is 0. The van der Waals surface area contributed by atoms with Gasteiger partial charge in [0.25, 0.3) is 5.91 Å². The van der Waals surface area contributed by atoms with E-state index in [9.17, 15) is 24.0 Å². The highest BCUT2D eigenvalue weighted by molar-refractivity contribution is 6.37. The lowest BCUT2D eigenvalue weighted by atomic mass is 9.85. The second-order valence-corrected chi connectivity index (χ2v) is 14.7. The molecule has 1 aliphatic heterocycles. The predicted octanol–water partition coefficient (Wildman–Crippen LogP) is 6.78. The molecular weight excluding hydrogens is 634 g/mol. The topological polar surface area (TPSA) is 171 Å². The lowest BCUT2D eigenvalue weighted by Crippen LogP contribution is -2.61. The van der Waals surface area contributed by atoms with Gasteiger partial charge >= 0.3 is 6.03 Å². The number of amides is 5. The Labute approximate surface area is 305 Å². The van der Waals surface area contributed by atoms with Crippen molar-refractivity contribution >= 4 is 29.5 Å². The number of hydrogen-bond acceptors (Lipinski definition) is 6. The number of nitrogens with two attached hydrogens (primary N) is 1. The van der Waals surface area contributed by atoms with Crippen LogP contribution < -0.4 is 21.7 Å². The molecule has 3 rings (SSSR count). The van der Waals surface area contributed by atoms with Crippen molar-refractivity contribution in [2.24, 2.45) is 17.1 Å². The van der Waals surface area contributed by atoms with Crippen LogP contribution in [-0.2, 0) is 19.2 Å². The van der Waals surface area contributed by atoms with Gasteiger partial charge in [-0.05, 0) is 49.9 Å². The van der Waals surface area contributed by atoms with Gasteiger partial charge in [-0.3, -0.25) is 19.2 Å². The highest BCUT2D eigenvalue weighted by atomic mass is 16.2. The molecule has 0 spiro atoms. The van der Waals surface area contributed by atoms with Crippen LogP contribution in [0.25, 0.3) is 0 Å². The average molecular weight is 712 g/mol. The number of nitrogens with zero attached hydrogens (tertiary/aromatic N) is 1. The number of ketones is 1. The summed E-state index contributed by atoms with van der Waals surface area (Å²) >= 11 is 0. The molecule has 1 heterocycles. The summed E-state index contributed by atoms with van der Waals surface area (Å²) in [5.41, 5.74) is 4.35. The number of likely N-dealkylation sites (tertiary alicyclic amines) is 1. The monoisotopic (exact) mass is 712 g/mol. The van der Waals surface area contributed by atoms with Crippen molar-refractivity contribution < 1.29 is 29.1 Å². The third kappa shape index (κ3) is 19.1. The number of unbranched alkanes of at least 4 members (excludes halogenated alkanes) is 1. The SMILES string of the molecule is C1CC1.CC.CCC(C)CC(NC(=O)[C@@H]1CCCN1C(=O)C(NC(=O)NC1(CC)CCCCCC1)C(C)(C)C)C(=O)C(N)=O.CCCC.CO. The molecule has 0 aromatic heterocycles. The molecule has 6 N–H and O–H groups in total. The van der Waals surface area contributed by atoms with Crippen LogP contribution in [0.5, 0.6) is 0 Å². The quantitative estimate of drug-likeness (QED) is 0.110. The van der Waals surface area contributed by atoms with E-state index in [4.69, 9.17) is 10.8 Å². The number of Topliss-reactive ketones (excluding diaryl/α,β-unsaturated/α-hetero) is 1. The number of hydrogen-bond donors (Lipinski definition) is 5. The fraction of sp³-hybridized carbons (Fsp3) is 0.872. The number of urea groups is 1. The van der Waals surface area contributed by atoms with Crippen molar-refractivity contribution in [3.63, 3.8) is 0 Å². The lowest BCUT2D eigenvalue weighted by Gasteiger charge is -2.38. The summed E-state index contributed by atoms with van der Waals surface area (Å²) in [6.07, 6.45) is 16.4. The Bertz CT molecular complexity index is 968. The lowest BCUT2D eigenvalue weighted by molar-refractivity contribution is -0.143. The minimum Gasteiger partial charge on any atom is -0.400 e. The molecule has 4 atom stereocenters. The van der Waals surface area contributed by atoms with Crippen molar-refractivity contribution in [3.8, 4) is 0 Å². The zero-order valence-electron chi connectivity index (χ0n) is 33.8. The fourth-order valence-electron chi connectivity index (χ4n) is 5.74. The Morgan fingerprint density at radius 3 is 1.74 bits per heavy atom. The molecule has 3 aliphatic rings. The number of aliphatic hydroxyl groups excluding tert-OH is 1. The molecule has 50 heavy (non-hydrogen) atoms. The molecule has 3 unspecified atom stereocenters. The van der Waals surface area contributed by atoms with Crippen molar-refractivity contribution in [2.75, 3.05) is 13.7 Å². The van der Waals surface area contributed by atoms with Crippen LogP contribution in [-0.4, -0.2) is 76.9 Å². The van der Waals surface area contributed by atoms with E-state index >= 15 is 0 Å². The molecule has 0 bridgehead atoms. The fourth-order valence-corrected chi connectivity index (χ4v) is 5.74. The third-order valence-electron chi connectivity index (χ3n) is 9.41. The van der Waals surface area contributed by atoms with Crippen LogP contribution in [0, 0.1) is 11.3 Å². The number of aliphatic hydroxyl groups is 1. The van der Waals surface area contributed by atoms with Gasteiger partial charge in [0.15, 0.2) is 0 Å². The Morgan fingerprint density at radius 2 is 1.34 bits per heavy atom. The maximum absolute atomic E-state index is 13.9. The normalized spacial score (nSPS) is 19.2. The van der Waals surface area contributed by atoms with E-state index in [0.717, 1.165) is 58.5 Å². The van der Waals surface area contributed by atoms with E-state index in [1.165, 1.54) is 37.0 Å². The van der Waals surface area contributed by atoms with Crippen LogP contribution in [0.4, 0.5) is 4.79 Å². The molecule has 0 aromatic carbocycles. The largest absolute Gasteiger partial charge is 0.400 e. The van der Waals surface area contributed by atoms with Gasteiger partial charge in [-0.25, -0.2) is 4.79 Å². The maximum atomic E-state index is 13.9. The zero-order chi connectivity index (χ0) is 38.9. The Kier molecular flexibility index (Phi) is 26.7. The number of rotatable bonds is 12. The second-order valence-electron chi connectivity index (χ2n) is 14.7. The van der Waals surface area contributed by atoms with Crippen molar-refractivity contribution in [2.45, 2.75) is 196 Å². The molecule has 2 saturated carbocycles. The van der Waals surface area contributed by atoms with E-state index in [0.29, 0.717) is 19.4 Å². The van der Waals surface area contributed by atoms with Gasteiger partial charge in [0, 0.05) is 19.2 Å². The number of primary amides is 1. The second kappa shape index (κ2) is 27.0. The molecule has 3 fully saturated rings. The van der Waals surface area contributed by atoms with Crippen LogP contribution in [0.1, 0.15) is 172 Å². The summed E-state index contributed by atoms with van der Waals surface area (Å²) < 4.78 is 0. The van der Waals surface area contributed by atoms with Gasteiger partial charge in [-0.15, -0.1) is 0 Å². The van der Waals surface area contributed by atoms with E-state index in [1.807, 2.05) is 48.5 Å². The molecule has 11 nitrogen and oxygen atoms in total. The summed E-state index contributed by atoms with van der Waals surface area (Å²) in [7, 11) is 1.00. The summed E-state index contributed by atoms with van der Waals surface area (Å²) in [5.74, 6) is -2.66. The minimum absolute atomic E-state index is 0.0905. The molecule has 0 radical (unpaired) electrons. The first kappa shape index (κ1) is 49.4. The molecule has 294 valence electrons. The van der Waals surface area contributed by atoms with Crippen molar-refractivity contribution in [1.29, 1.82) is 0 Å². The van der Waals surface area contributed by atoms with Gasteiger partial charge in [-0.2, -0.15) is 0 Å². The summed E-state index contributed by atoms with van der Waals surface area (Å²) in [5, 5.41) is 15.8. The van der Waals surface area contributed by atoms with Gasteiger partial charge in [0.2, 0.25) is 17.6 Å². The summed E-state index contributed by atoms with van der Waals surface area (Å²) in [6.45, 7) is 20.4. The van der Waals surface area contributed by atoms with E-state index in [-0.39, 0.29) is 29.8 Å². The summed E-state index contributed by atoms with van der Waals surface area (Å²) in [6, 6.07) is -3.05.